The van der Waals surface area contributed by atoms with Gasteiger partial charge in [-0.3, -0.25) is 4.79 Å². The molecule has 0 aromatic rings. The highest BCUT2D eigenvalue weighted by Gasteiger charge is 2.68. The standard InChI is InChI=1S/C28H39BrO14/c1-25(2,3)41-22(31)36-12-14-17(39-23(32)42-26(4,5)6)18(40-24(33)43-27(7,8)9)19-21(37-14)28(34)15(35-10)11-13(30)16(29)20(28)38-19/h11,14,17-19,21,34H,12H2,1-10H3/t14-,17-,18+,19-,21-,28+/m1/s1. The number of fused-ring (bicyclic) bond motifs is 3. The van der Waals surface area contributed by atoms with E-state index in [2.05, 4.69) is 15.9 Å². The van der Waals surface area contributed by atoms with Crippen LogP contribution >= 0.6 is 15.9 Å². The molecule has 0 bridgehead atoms. The third-order valence-corrected chi connectivity index (χ3v) is 6.67. The Labute approximate surface area is 258 Å². The predicted octanol–water partition coefficient (Wildman–Crippen LogP) is 4.20. The summed E-state index contributed by atoms with van der Waals surface area (Å²) in [5, 5.41) is 11.9. The molecule has 0 radical (unpaired) electrons. The van der Waals surface area contributed by atoms with E-state index >= 15 is 0 Å². The molecular formula is C28H39BrO14. The summed E-state index contributed by atoms with van der Waals surface area (Å²) in [6.07, 6.45) is -9.67. The summed E-state index contributed by atoms with van der Waals surface area (Å²) in [6.45, 7) is 14.0. The van der Waals surface area contributed by atoms with Gasteiger partial charge in [-0.1, -0.05) is 0 Å². The van der Waals surface area contributed by atoms with E-state index in [1.807, 2.05) is 0 Å². The molecule has 14 nitrogen and oxygen atoms in total. The number of allylic oxidation sites excluding steroid dienone is 2. The first-order chi connectivity index (χ1) is 19.6. The van der Waals surface area contributed by atoms with Gasteiger partial charge in [-0.05, 0) is 78.2 Å². The first-order valence-corrected chi connectivity index (χ1v) is 14.3. The molecule has 2 fully saturated rings. The monoisotopic (exact) mass is 678 g/mol. The maximum Gasteiger partial charge on any atom is 0.509 e. The van der Waals surface area contributed by atoms with Gasteiger partial charge in [0.1, 0.15) is 45.9 Å². The number of aliphatic hydroxyl groups is 1. The lowest BCUT2D eigenvalue weighted by atomic mass is 9.83. The number of methoxy groups -OCH3 is 1. The van der Waals surface area contributed by atoms with Crippen LogP contribution in [0, 0.1) is 0 Å². The Morgan fingerprint density at radius 1 is 0.884 bits per heavy atom. The average Bonchev–Trinajstić information content (AvgIpc) is 3.11. The summed E-state index contributed by atoms with van der Waals surface area (Å²) < 4.78 is 49.7. The van der Waals surface area contributed by atoms with Gasteiger partial charge in [-0.2, -0.15) is 0 Å². The molecule has 0 aromatic carbocycles. The van der Waals surface area contributed by atoms with E-state index in [1.54, 1.807) is 62.3 Å². The largest absolute Gasteiger partial charge is 0.509 e. The predicted molar refractivity (Wildman–Crippen MR) is 149 cm³/mol. The van der Waals surface area contributed by atoms with Gasteiger partial charge in [0.05, 0.1) is 7.11 Å². The fourth-order valence-electron chi connectivity index (χ4n) is 4.44. The molecule has 1 N–H and O–H groups in total. The van der Waals surface area contributed by atoms with Crippen LogP contribution in [0.5, 0.6) is 0 Å². The Morgan fingerprint density at radius 2 is 1.37 bits per heavy atom. The van der Waals surface area contributed by atoms with E-state index < -0.39 is 83.8 Å². The topological polar surface area (TPSA) is 172 Å². The Balaban J connectivity index is 2.09. The van der Waals surface area contributed by atoms with Gasteiger partial charge < -0.3 is 47.7 Å². The number of rotatable bonds is 5. The highest BCUT2D eigenvalue weighted by molar-refractivity contribution is 9.12. The third-order valence-electron chi connectivity index (χ3n) is 5.92. The molecule has 3 rings (SSSR count). The molecule has 0 spiro atoms. The van der Waals surface area contributed by atoms with Crippen LogP contribution in [0.15, 0.2) is 22.1 Å². The summed E-state index contributed by atoms with van der Waals surface area (Å²) in [5.74, 6) is -1.09. The Morgan fingerprint density at radius 3 is 1.86 bits per heavy atom. The van der Waals surface area contributed by atoms with Crippen molar-refractivity contribution in [2.24, 2.45) is 0 Å². The van der Waals surface area contributed by atoms with Crippen LogP contribution in [0.25, 0.3) is 0 Å². The Hall–Kier alpha value is -3.04. The average molecular weight is 680 g/mol. The number of carbonyl (C=O) groups is 4. The van der Waals surface area contributed by atoms with Gasteiger partial charge in [0.15, 0.2) is 29.9 Å². The zero-order chi connectivity index (χ0) is 32.7. The van der Waals surface area contributed by atoms with E-state index in [4.69, 9.17) is 42.6 Å². The van der Waals surface area contributed by atoms with Crippen molar-refractivity contribution in [1.82, 2.24) is 0 Å². The lowest BCUT2D eigenvalue weighted by molar-refractivity contribution is -0.241. The number of halogens is 1. The molecule has 2 saturated heterocycles. The maximum absolute atomic E-state index is 12.9. The number of ketones is 1. The van der Waals surface area contributed by atoms with Crippen LogP contribution in [0.2, 0.25) is 0 Å². The normalized spacial score (nSPS) is 28.9. The zero-order valence-electron chi connectivity index (χ0n) is 25.8. The van der Waals surface area contributed by atoms with Gasteiger partial charge in [0.25, 0.3) is 0 Å². The first-order valence-electron chi connectivity index (χ1n) is 13.5. The smallest absolute Gasteiger partial charge is 0.497 e. The van der Waals surface area contributed by atoms with Gasteiger partial charge in [0.2, 0.25) is 5.60 Å². The van der Waals surface area contributed by atoms with Crippen molar-refractivity contribution >= 4 is 40.2 Å². The van der Waals surface area contributed by atoms with Crippen molar-refractivity contribution in [2.75, 3.05) is 13.7 Å². The highest BCUT2D eigenvalue weighted by Crippen LogP contribution is 2.51. The van der Waals surface area contributed by atoms with Crippen molar-refractivity contribution in [3.05, 3.63) is 22.1 Å². The summed E-state index contributed by atoms with van der Waals surface area (Å²) in [4.78, 5) is 50.9. The number of ether oxygens (including phenoxy) is 9. The minimum atomic E-state index is -2.21. The second-order valence-corrected chi connectivity index (χ2v) is 13.8. The fraction of sp³-hybridized carbons (Fsp3) is 0.714. The molecular weight excluding hydrogens is 640 g/mol. The molecule has 3 aliphatic rings. The first kappa shape index (κ1) is 34.5. The quantitative estimate of drug-likeness (QED) is 0.324. The molecule has 0 unspecified atom stereocenters. The molecule has 43 heavy (non-hydrogen) atoms. The summed E-state index contributed by atoms with van der Waals surface area (Å²) in [7, 11) is 1.23. The van der Waals surface area contributed by atoms with Crippen LogP contribution < -0.4 is 0 Å². The minimum Gasteiger partial charge on any atom is -0.497 e. The van der Waals surface area contributed by atoms with E-state index in [-0.39, 0.29) is 16.0 Å². The SMILES string of the molecule is COC1=CC(=O)C(Br)=C2O[C@@H]3[C@@H](OC(=O)OC(C)(C)C)[C@H](OC(=O)OC(C)(C)C)[C@@H](COC(=O)OC(C)(C)C)O[C@H]3[C@]12O. The fourth-order valence-corrected chi connectivity index (χ4v) is 4.95. The van der Waals surface area contributed by atoms with Crippen LogP contribution in [0.1, 0.15) is 62.3 Å². The van der Waals surface area contributed by atoms with Crippen molar-refractivity contribution in [3.63, 3.8) is 0 Å². The van der Waals surface area contributed by atoms with E-state index in [0.717, 1.165) is 6.08 Å². The Bertz CT molecular complexity index is 1190. The van der Waals surface area contributed by atoms with Crippen molar-refractivity contribution < 1.29 is 66.9 Å². The zero-order valence-corrected chi connectivity index (χ0v) is 27.4. The van der Waals surface area contributed by atoms with Crippen LogP contribution in [0.3, 0.4) is 0 Å². The van der Waals surface area contributed by atoms with Crippen LogP contribution in [-0.2, 0) is 47.4 Å². The molecule has 15 heteroatoms. The van der Waals surface area contributed by atoms with Gasteiger partial charge in [0, 0.05) is 6.08 Å². The molecule has 0 aromatic heterocycles. The maximum atomic E-state index is 12.9. The summed E-state index contributed by atoms with van der Waals surface area (Å²) in [5.41, 5.74) is -5.04. The van der Waals surface area contributed by atoms with Gasteiger partial charge in [-0.25, -0.2) is 14.4 Å². The number of carbonyl (C=O) groups excluding carboxylic acids is 4. The van der Waals surface area contributed by atoms with Gasteiger partial charge >= 0.3 is 18.5 Å². The molecule has 2 heterocycles. The minimum absolute atomic E-state index is 0.143. The third kappa shape index (κ3) is 8.12. The van der Waals surface area contributed by atoms with E-state index in [0.29, 0.717) is 0 Å². The van der Waals surface area contributed by atoms with Crippen LogP contribution in [0.4, 0.5) is 14.4 Å². The molecule has 1 aliphatic carbocycles. The molecule has 0 saturated carbocycles. The number of hydrogen-bond donors (Lipinski definition) is 1. The summed E-state index contributed by atoms with van der Waals surface area (Å²) >= 11 is 3.14. The molecule has 0 amide bonds. The lowest BCUT2D eigenvalue weighted by Crippen LogP contribution is -2.64. The van der Waals surface area contributed by atoms with E-state index in [9.17, 15) is 24.3 Å². The highest BCUT2D eigenvalue weighted by atomic mass is 79.9. The van der Waals surface area contributed by atoms with E-state index in [1.165, 1.54) is 7.11 Å². The van der Waals surface area contributed by atoms with Crippen molar-refractivity contribution in [3.8, 4) is 0 Å². The van der Waals surface area contributed by atoms with Crippen molar-refractivity contribution in [1.29, 1.82) is 0 Å². The molecule has 242 valence electrons. The van der Waals surface area contributed by atoms with Crippen LogP contribution in [-0.4, -0.2) is 96.0 Å². The lowest BCUT2D eigenvalue weighted by Gasteiger charge is -2.44. The Kier molecular flexibility index (Phi) is 9.74. The molecule has 6 atom stereocenters. The second kappa shape index (κ2) is 12.2. The number of hydrogen-bond acceptors (Lipinski definition) is 14. The summed E-state index contributed by atoms with van der Waals surface area (Å²) in [6, 6.07) is 0. The van der Waals surface area contributed by atoms with Gasteiger partial charge in [-0.15, -0.1) is 0 Å². The molecule has 2 aliphatic heterocycles. The second-order valence-electron chi connectivity index (χ2n) is 13.0. The van der Waals surface area contributed by atoms with Crippen molar-refractivity contribution in [2.45, 2.75) is 115 Å².